The van der Waals surface area contributed by atoms with Gasteiger partial charge in [-0.25, -0.2) is 4.79 Å². The fourth-order valence-corrected chi connectivity index (χ4v) is 3.41. The fraction of sp³-hybridized carbons (Fsp3) is 0.208. The summed E-state index contributed by atoms with van der Waals surface area (Å²) < 4.78 is 10.8. The lowest BCUT2D eigenvalue weighted by molar-refractivity contribution is -0.123. The fourth-order valence-electron chi connectivity index (χ4n) is 3.20. The smallest absolute Gasteiger partial charge is 0.339 e. The lowest BCUT2D eigenvalue weighted by atomic mass is 10.0. The minimum Gasteiger partial charge on any atom is -0.496 e. The van der Waals surface area contributed by atoms with E-state index < -0.39 is 11.9 Å². The van der Waals surface area contributed by atoms with E-state index in [2.05, 4.69) is 10.6 Å². The van der Waals surface area contributed by atoms with Crippen molar-refractivity contribution in [1.29, 1.82) is 0 Å². The van der Waals surface area contributed by atoms with Gasteiger partial charge >= 0.3 is 5.97 Å². The Morgan fingerprint density at radius 1 is 1.00 bits per heavy atom. The molecule has 0 spiro atoms. The average Bonchev–Trinajstić information content (AvgIpc) is 2.77. The average molecular weight is 471 g/mol. The summed E-state index contributed by atoms with van der Waals surface area (Å²) in [5, 5.41) is 16.3. The van der Waals surface area contributed by atoms with Gasteiger partial charge < -0.3 is 25.2 Å². The van der Waals surface area contributed by atoms with Crippen LogP contribution in [0.15, 0.2) is 48.5 Å². The third kappa shape index (κ3) is 5.72. The van der Waals surface area contributed by atoms with Gasteiger partial charge in [0.05, 0.1) is 23.4 Å². The summed E-state index contributed by atoms with van der Waals surface area (Å²) in [5.41, 5.74) is 0.218. The van der Waals surface area contributed by atoms with Gasteiger partial charge in [-0.2, -0.15) is 0 Å². The van der Waals surface area contributed by atoms with E-state index in [4.69, 9.17) is 21.1 Å². The van der Waals surface area contributed by atoms with Crippen molar-refractivity contribution in [2.75, 3.05) is 19.0 Å². The zero-order chi connectivity index (χ0) is 24.1. The van der Waals surface area contributed by atoms with Gasteiger partial charge in [-0.05, 0) is 42.8 Å². The van der Waals surface area contributed by atoms with Gasteiger partial charge in [0.2, 0.25) is 0 Å². The molecule has 0 radical (unpaired) electrons. The Bertz CT molecular complexity index is 1230. The summed E-state index contributed by atoms with van der Waals surface area (Å²) in [6, 6.07) is 13.2. The zero-order valence-corrected chi connectivity index (χ0v) is 19.0. The molecule has 0 aliphatic carbocycles. The SMILES string of the molecule is COc1cc(NC(=O)c2cc3ccccc3cc2OCC(=O)NC(C)C)c(Cl)cc1C(=O)O. The first-order valence-corrected chi connectivity index (χ1v) is 10.4. The molecule has 0 saturated heterocycles. The molecule has 0 saturated carbocycles. The topological polar surface area (TPSA) is 114 Å². The summed E-state index contributed by atoms with van der Waals surface area (Å²) in [4.78, 5) is 36.6. The van der Waals surface area contributed by atoms with Crippen molar-refractivity contribution in [3.63, 3.8) is 0 Å². The van der Waals surface area contributed by atoms with Crippen LogP contribution < -0.4 is 20.1 Å². The molecule has 172 valence electrons. The molecule has 0 heterocycles. The lowest BCUT2D eigenvalue weighted by Crippen LogP contribution is -2.34. The van der Waals surface area contributed by atoms with E-state index in [0.717, 1.165) is 10.8 Å². The molecule has 0 fully saturated rings. The molecule has 3 N–H and O–H groups in total. The van der Waals surface area contributed by atoms with Crippen molar-refractivity contribution in [1.82, 2.24) is 5.32 Å². The van der Waals surface area contributed by atoms with Gasteiger partial charge in [0.15, 0.2) is 6.61 Å². The van der Waals surface area contributed by atoms with Crippen molar-refractivity contribution in [3.05, 3.63) is 64.7 Å². The van der Waals surface area contributed by atoms with E-state index in [1.54, 1.807) is 12.1 Å². The molecule has 0 bridgehead atoms. The molecular weight excluding hydrogens is 448 g/mol. The van der Waals surface area contributed by atoms with E-state index in [1.165, 1.54) is 19.2 Å². The Balaban J connectivity index is 1.95. The van der Waals surface area contributed by atoms with Crippen LogP contribution in [0, 0.1) is 0 Å². The molecule has 33 heavy (non-hydrogen) atoms. The second-order valence-corrected chi connectivity index (χ2v) is 7.91. The number of halogens is 1. The minimum absolute atomic E-state index is 0.0288. The summed E-state index contributed by atoms with van der Waals surface area (Å²) in [6.45, 7) is 3.40. The van der Waals surface area contributed by atoms with Crippen LogP contribution in [0.25, 0.3) is 10.8 Å². The van der Waals surface area contributed by atoms with Crippen molar-refractivity contribution in [2.24, 2.45) is 0 Å². The van der Waals surface area contributed by atoms with Crippen molar-refractivity contribution >= 4 is 45.8 Å². The number of ether oxygens (including phenoxy) is 2. The summed E-state index contributed by atoms with van der Waals surface area (Å²) in [5.74, 6) is -1.82. The van der Waals surface area contributed by atoms with E-state index in [-0.39, 0.29) is 51.9 Å². The lowest BCUT2D eigenvalue weighted by Gasteiger charge is -2.15. The first kappa shape index (κ1) is 23.9. The number of nitrogens with one attached hydrogen (secondary N) is 2. The number of carbonyl (C=O) groups is 3. The monoisotopic (exact) mass is 470 g/mol. The van der Waals surface area contributed by atoms with Crippen LogP contribution in [0.5, 0.6) is 11.5 Å². The molecule has 2 amide bonds. The van der Waals surface area contributed by atoms with Crippen LogP contribution in [-0.2, 0) is 4.79 Å². The van der Waals surface area contributed by atoms with Gasteiger partial charge in [0.25, 0.3) is 11.8 Å². The molecule has 3 aromatic rings. The number of benzene rings is 3. The van der Waals surface area contributed by atoms with E-state index in [0.29, 0.717) is 0 Å². The Morgan fingerprint density at radius 2 is 1.67 bits per heavy atom. The number of methoxy groups -OCH3 is 1. The quantitative estimate of drug-likeness (QED) is 0.451. The third-order valence-corrected chi connectivity index (χ3v) is 4.98. The molecule has 0 aliphatic rings. The number of carbonyl (C=O) groups excluding carboxylic acids is 2. The molecule has 3 aromatic carbocycles. The highest BCUT2D eigenvalue weighted by atomic mass is 35.5. The van der Waals surface area contributed by atoms with Gasteiger partial charge in [-0.1, -0.05) is 35.9 Å². The van der Waals surface area contributed by atoms with Crippen molar-refractivity contribution in [2.45, 2.75) is 19.9 Å². The maximum Gasteiger partial charge on any atom is 0.339 e. The summed E-state index contributed by atoms with van der Waals surface area (Å²) in [6.07, 6.45) is 0. The Hall–Kier alpha value is -3.78. The highest BCUT2D eigenvalue weighted by molar-refractivity contribution is 6.34. The van der Waals surface area contributed by atoms with Gasteiger partial charge in [0, 0.05) is 12.1 Å². The standard InChI is InChI=1S/C24H23ClN2O6/c1-13(2)26-22(28)12-33-21-9-15-7-5-4-6-14(15)8-16(21)23(29)27-19-11-20(32-3)17(24(30)31)10-18(19)25/h4-11,13H,12H2,1-3H3,(H,26,28)(H,27,29)(H,30,31). The zero-order valence-electron chi connectivity index (χ0n) is 18.3. The summed E-state index contributed by atoms with van der Waals surface area (Å²) >= 11 is 6.20. The Kier molecular flexibility index (Phi) is 7.40. The van der Waals surface area contributed by atoms with Gasteiger partial charge in [-0.3, -0.25) is 9.59 Å². The van der Waals surface area contributed by atoms with Gasteiger partial charge in [-0.15, -0.1) is 0 Å². The van der Waals surface area contributed by atoms with Crippen LogP contribution in [0.2, 0.25) is 5.02 Å². The second-order valence-electron chi connectivity index (χ2n) is 7.50. The maximum atomic E-state index is 13.2. The molecule has 0 atom stereocenters. The van der Waals surface area contributed by atoms with E-state index >= 15 is 0 Å². The highest BCUT2D eigenvalue weighted by Gasteiger charge is 2.20. The number of amides is 2. The number of hydrogen-bond donors (Lipinski definition) is 3. The van der Waals surface area contributed by atoms with Crippen molar-refractivity contribution < 1.29 is 29.0 Å². The molecule has 0 aliphatic heterocycles. The molecule has 0 unspecified atom stereocenters. The number of aromatic carboxylic acids is 1. The van der Waals surface area contributed by atoms with E-state index in [9.17, 15) is 19.5 Å². The number of hydrogen-bond acceptors (Lipinski definition) is 5. The predicted octanol–water partition coefficient (Wildman–Crippen LogP) is 4.36. The van der Waals surface area contributed by atoms with Crippen LogP contribution in [-0.4, -0.2) is 42.6 Å². The van der Waals surface area contributed by atoms with Crippen LogP contribution in [0.3, 0.4) is 0 Å². The van der Waals surface area contributed by atoms with E-state index in [1.807, 2.05) is 38.1 Å². The largest absolute Gasteiger partial charge is 0.496 e. The summed E-state index contributed by atoms with van der Waals surface area (Å²) in [7, 11) is 1.32. The maximum absolute atomic E-state index is 13.2. The number of fused-ring (bicyclic) bond motifs is 1. The van der Waals surface area contributed by atoms with Crippen LogP contribution >= 0.6 is 11.6 Å². The number of rotatable bonds is 8. The second kappa shape index (κ2) is 10.2. The molecule has 3 rings (SSSR count). The van der Waals surface area contributed by atoms with Crippen LogP contribution in [0.4, 0.5) is 5.69 Å². The molecule has 9 heteroatoms. The molecular formula is C24H23ClN2O6. The number of carboxylic acid groups (broad SMARTS) is 1. The minimum atomic E-state index is -1.21. The molecule has 0 aromatic heterocycles. The first-order chi connectivity index (χ1) is 15.7. The normalized spacial score (nSPS) is 10.7. The third-order valence-electron chi connectivity index (χ3n) is 4.67. The van der Waals surface area contributed by atoms with Crippen LogP contribution in [0.1, 0.15) is 34.6 Å². The Morgan fingerprint density at radius 3 is 2.27 bits per heavy atom. The predicted molar refractivity (Wildman–Crippen MR) is 126 cm³/mol. The Labute approximate surface area is 195 Å². The highest BCUT2D eigenvalue weighted by Crippen LogP contribution is 2.33. The van der Waals surface area contributed by atoms with Gasteiger partial charge in [0.1, 0.15) is 17.1 Å². The first-order valence-electron chi connectivity index (χ1n) is 10.1. The number of anilines is 1. The van der Waals surface area contributed by atoms with Crippen molar-refractivity contribution in [3.8, 4) is 11.5 Å². The molecule has 8 nitrogen and oxygen atoms in total. The number of carboxylic acids is 1.